The highest BCUT2D eigenvalue weighted by molar-refractivity contribution is 7.89. The van der Waals surface area contributed by atoms with E-state index in [1.54, 1.807) is 12.1 Å². The molecule has 0 atom stereocenters. The summed E-state index contributed by atoms with van der Waals surface area (Å²) in [7, 11) is -1.11. The molecular weight excluding hydrogens is 368 g/mol. The molecule has 27 heavy (non-hydrogen) atoms. The van der Waals surface area contributed by atoms with Gasteiger partial charge in [0.1, 0.15) is 22.0 Å². The Kier molecular flexibility index (Phi) is 5.02. The lowest BCUT2D eigenvalue weighted by Crippen LogP contribution is -2.19. The number of rotatable bonds is 5. The van der Waals surface area contributed by atoms with Crippen LogP contribution in [0.15, 0.2) is 59.5 Å². The first-order chi connectivity index (χ1) is 12.9. The van der Waals surface area contributed by atoms with E-state index in [0.717, 1.165) is 10.8 Å². The van der Waals surface area contributed by atoms with Crippen LogP contribution >= 0.6 is 0 Å². The van der Waals surface area contributed by atoms with Gasteiger partial charge >= 0.3 is 0 Å². The summed E-state index contributed by atoms with van der Waals surface area (Å²) in [6.07, 6.45) is 0. The fourth-order valence-electron chi connectivity index (χ4n) is 2.88. The molecule has 0 saturated carbocycles. The second kappa shape index (κ2) is 7.26. The van der Waals surface area contributed by atoms with E-state index >= 15 is 0 Å². The number of carbonyl (C=O) groups excluding carboxylic acids is 1. The van der Waals surface area contributed by atoms with Gasteiger partial charge in [-0.25, -0.2) is 13.6 Å². The Morgan fingerprint density at radius 1 is 1.00 bits per heavy atom. The summed E-state index contributed by atoms with van der Waals surface area (Å²) in [4.78, 5) is 12.8. The van der Waals surface area contributed by atoms with Crippen LogP contribution in [0.2, 0.25) is 0 Å². The van der Waals surface area contributed by atoms with E-state index < -0.39 is 15.9 Å². The maximum Gasteiger partial charge on any atom is 0.263 e. The number of primary sulfonamides is 1. The Labute approximate surface area is 156 Å². The summed E-state index contributed by atoms with van der Waals surface area (Å²) in [5.41, 5.74) is 0.227. The van der Waals surface area contributed by atoms with Crippen molar-refractivity contribution in [3.8, 4) is 11.5 Å². The van der Waals surface area contributed by atoms with Crippen molar-refractivity contribution in [1.82, 2.24) is 0 Å². The summed E-state index contributed by atoms with van der Waals surface area (Å²) >= 11 is 0. The zero-order valence-corrected chi connectivity index (χ0v) is 15.5. The number of nitrogens with two attached hydrogens (primary N) is 1. The van der Waals surface area contributed by atoms with Gasteiger partial charge in [-0.3, -0.25) is 4.79 Å². The van der Waals surface area contributed by atoms with Gasteiger partial charge in [0.25, 0.3) is 5.91 Å². The van der Waals surface area contributed by atoms with E-state index in [1.807, 2.05) is 24.3 Å². The predicted octanol–water partition coefficient (Wildman–Crippen LogP) is 2.76. The predicted molar refractivity (Wildman–Crippen MR) is 103 cm³/mol. The number of ether oxygens (including phenoxy) is 2. The Hall–Kier alpha value is -3.10. The SMILES string of the molecule is COc1cc2ccccc2c(OC)c1C(=O)Nc1ccccc1S(N)(=O)=O. The second-order valence-electron chi connectivity index (χ2n) is 5.70. The highest BCUT2D eigenvalue weighted by Crippen LogP contribution is 2.37. The first kappa shape index (κ1) is 18.7. The van der Waals surface area contributed by atoms with Gasteiger partial charge in [-0.1, -0.05) is 36.4 Å². The molecule has 3 rings (SSSR count). The van der Waals surface area contributed by atoms with Crippen molar-refractivity contribution < 1.29 is 22.7 Å². The molecule has 0 saturated heterocycles. The van der Waals surface area contributed by atoms with Gasteiger partial charge in [-0.15, -0.1) is 0 Å². The maximum absolute atomic E-state index is 13.0. The molecule has 0 unspecified atom stereocenters. The minimum Gasteiger partial charge on any atom is -0.496 e. The van der Waals surface area contributed by atoms with E-state index in [4.69, 9.17) is 14.6 Å². The summed E-state index contributed by atoms with van der Waals surface area (Å²) in [6.45, 7) is 0. The molecule has 3 aromatic rings. The lowest BCUT2D eigenvalue weighted by Gasteiger charge is -2.16. The summed E-state index contributed by atoms with van der Waals surface area (Å²) in [5, 5.41) is 9.39. The van der Waals surface area contributed by atoms with Crippen LogP contribution in [0.5, 0.6) is 11.5 Å². The van der Waals surface area contributed by atoms with E-state index in [0.29, 0.717) is 11.5 Å². The monoisotopic (exact) mass is 386 g/mol. The molecule has 0 aliphatic heterocycles. The van der Waals surface area contributed by atoms with Gasteiger partial charge in [-0.2, -0.15) is 0 Å². The summed E-state index contributed by atoms with van der Waals surface area (Å²) in [5.74, 6) is 0.0530. The van der Waals surface area contributed by atoms with Crippen LogP contribution in [0, 0.1) is 0 Å². The number of amides is 1. The van der Waals surface area contributed by atoms with Crippen molar-refractivity contribution in [3.63, 3.8) is 0 Å². The van der Waals surface area contributed by atoms with Crippen molar-refractivity contribution in [3.05, 3.63) is 60.2 Å². The normalized spacial score (nSPS) is 11.2. The number of nitrogens with one attached hydrogen (secondary N) is 1. The third kappa shape index (κ3) is 3.57. The highest BCUT2D eigenvalue weighted by Gasteiger charge is 2.23. The van der Waals surface area contributed by atoms with Crippen LogP contribution < -0.4 is 19.9 Å². The maximum atomic E-state index is 13.0. The Morgan fingerprint density at radius 2 is 1.67 bits per heavy atom. The number of benzene rings is 3. The standard InChI is InChI=1S/C19H18N2O5S/c1-25-15-11-12-7-3-4-8-13(12)18(26-2)17(15)19(22)21-14-9-5-6-10-16(14)27(20,23)24/h3-11H,1-2H3,(H,21,22)(H2,20,23,24). The van der Waals surface area contributed by atoms with Crippen LogP contribution in [0.1, 0.15) is 10.4 Å². The van der Waals surface area contributed by atoms with Crippen LogP contribution in [0.4, 0.5) is 5.69 Å². The molecule has 0 aliphatic carbocycles. The Balaban J connectivity index is 2.15. The Bertz CT molecular complexity index is 1130. The lowest BCUT2D eigenvalue weighted by atomic mass is 10.0. The number of anilines is 1. The largest absolute Gasteiger partial charge is 0.496 e. The average molecular weight is 386 g/mol. The number of methoxy groups -OCH3 is 2. The molecule has 3 N–H and O–H groups in total. The number of sulfonamides is 1. The van der Waals surface area contributed by atoms with Gasteiger partial charge in [0.2, 0.25) is 10.0 Å². The fraction of sp³-hybridized carbons (Fsp3) is 0.105. The molecule has 0 radical (unpaired) electrons. The molecule has 3 aromatic carbocycles. The number of hydrogen-bond donors (Lipinski definition) is 2. The van der Waals surface area contributed by atoms with Crippen molar-refractivity contribution in [2.75, 3.05) is 19.5 Å². The van der Waals surface area contributed by atoms with Crippen LogP contribution in [0.3, 0.4) is 0 Å². The third-order valence-electron chi connectivity index (χ3n) is 4.06. The van der Waals surface area contributed by atoms with Crippen molar-refractivity contribution in [2.45, 2.75) is 4.90 Å². The van der Waals surface area contributed by atoms with E-state index in [2.05, 4.69) is 5.32 Å². The molecule has 0 bridgehead atoms. The molecule has 0 heterocycles. The number of carbonyl (C=O) groups is 1. The summed E-state index contributed by atoms with van der Waals surface area (Å²) < 4.78 is 34.4. The Morgan fingerprint density at radius 3 is 2.33 bits per heavy atom. The zero-order chi connectivity index (χ0) is 19.6. The number of fused-ring (bicyclic) bond motifs is 1. The van der Waals surface area contributed by atoms with Gasteiger partial charge in [-0.05, 0) is 23.6 Å². The topological polar surface area (TPSA) is 108 Å². The molecule has 140 valence electrons. The number of para-hydroxylation sites is 1. The lowest BCUT2D eigenvalue weighted by molar-refractivity contribution is 0.102. The van der Waals surface area contributed by atoms with Gasteiger partial charge in [0, 0.05) is 5.39 Å². The van der Waals surface area contributed by atoms with E-state index in [-0.39, 0.29) is 16.1 Å². The van der Waals surface area contributed by atoms with Crippen molar-refractivity contribution in [2.24, 2.45) is 5.14 Å². The van der Waals surface area contributed by atoms with Crippen LogP contribution in [0.25, 0.3) is 10.8 Å². The smallest absolute Gasteiger partial charge is 0.263 e. The first-order valence-corrected chi connectivity index (χ1v) is 9.48. The number of hydrogen-bond acceptors (Lipinski definition) is 5. The second-order valence-corrected chi connectivity index (χ2v) is 7.23. The molecule has 0 spiro atoms. The minimum absolute atomic E-state index is 0.0715. The fourth-order valence-corrected chi connectivity index (χ4v) is 3.57. The van der Waals surface area contributed by atoms with Crippen LogP contribution in [-0.2, 0) is 10.0 Å². The average Bonchev–Trinajstić information content (AvgIpc) is 2.65. The van der Waals surface area contributed by atoms with Crippen LogP contribution in [-0.4, -0.2) is 28.5 Å². The molecule has 0 fully saturated rings. The van der Waals surface area contributed by atoms with Crippen molar-refractivity contribution in [1.29, 1.82) is 0 Å². The van der Waals surface area contributed by atoms with Gasteiger partial charge < -0.3 is 14.8 Å². The molecule has 7 nitrogen and oxygen atoms in total. The first-order valence-electron chi connectivity index (χ1n) is 7.93. The van der Waals surface area contributed by atoms with Gasteiger partial charge in [0.15, 0.2) is 0 Å². The molecule has 8 heteroatoms. The minimum atomic E-state index is -4.00. The molecular formula is C19H18N2O5S. The van der Waals surface area contributed by atoms with Crippen molar-refractivity contribution >= 4 is 32.4 Å². The zero-order valence-electron chi connectivity index (χ0n) is 14.7. The van der Waals surface area contributed by atoms with E-state index in [1.165, 1.54) is 32.4 Å². The third-order valence-corrected chi connectivity index (χ3v) is 5.03. The van der Waals surface area contributed by atoms with E-state index in [9.17, 15) is 13.2 Å². The quantitative estimate of drug-likeness (QED) is 0.701. The molecule has 0 aromatic heterocycles. The van der Waals surface area contributed by atoms with Gasteiger partial charge in [0.05, 0.1) is 19.9 Å². The molecule has 0 aliphatic rings. The summed E-state index contributed by atoms with van der Waals surface area (Å²) in [6, 6.07) is 15.0. The highest BCUT2D eigenvalue weighted by atomic mass is 32.2. The molecule has 1 amide bonds.